The summed E-state index contributed by atoms with van der Waals surface area (Å²) < 4.78 is 71.3. The van der Waals surface area contributed by atoms with E-state index in [1.54, 1.807) is 6.92 Å². The zero-order valence-electron chi connectivity index (χ0n) is 15.3. The van der Waals surface area contributed by atoms with Crippen molar-refractivity contribution in [3.63, 3.8) is 0 Å². The molecule has 4 nitrogen and oxygen atoms in total. The third-order valence-electron chi connectivity index (χ3n) is 5.53. The topological polar surface area (TPSA) is 36.1 Å². The molecule has 2 atom stereocenters. The average molecular weight is 412 g/mol. The van der Waals surface area contributed by atoms with Crippen LogP contribution in [0.25, 0.3) is 0 Å². The fourth-order valence-corrected chi connectivity index (χ4v) is 3.77. The van der Waals surface area contributed by atoms with Crippen LogP contribution in [0.3, 0.4) is 0 Å². The molecule has 0 bridgehead atoms. The van der Waals surface area contributed by atoms with Crippen molar-refractivity contribution in [1.82, 2.24) is 4.90 Å². The van der Waals surface area contributed by atoms with Gasteiger partial charge in [0.2, 0.25) is 0 Å². The molecular formula is C20H17F5N2O2. The highest BCUT2D eigenvalue weighted by Crippen LogP contribution is 2.46. The van der Waals surface area contributed by atoms with Crippen LogP contribution in [-0.4, -0.2) is 36.7 Å². The number of hydrogen-bond donors (Lipinski definition) is 0. The maximum atomic E-state index is 14.3. The fourth-order valence-electron chi connectivity index (χ4n) is 3.77. The molecule has 2 aliphatic rings. The van der Waals surface area contributed by atoms with Gasteiger partial charge in [0.25, 0.3) is 0 Å². The summed E-state index contributed by atoms with van der Waals surface area (Å²) in [4.78, 5) is 15.8. The number of rotatable bonds is 4. The molecule has 9 heteroatoms. The number of urea groups is 1. The van der Waals surface area contributed by atoms with Crippen molar-refractivity contribution in [1.29, 1.82) is 0 Å². The quantitative estimate of drug-likeness (QED) is 0.546. The van der Waals surface area contributed by atoms with Crippen LogP contribution in [0.4, 0.5) is 32.4 Å². The van der Waals surface area contributed by atoms with E-state index in [2.05, 4.69) is 0 Å². The van der Waals surface area contributed by atoms with Gasteiger partial charge in [0, 0.05) is 30.4 Å². The Labute approximate surface area is 163 Å². The number of carbonyl (C=O) groups excluding carboxylic acids is 1. The number of alkyl halides is 3. The summed E-state index contributed by atoms with van der Waals surface area (Å²) in [5.41, 5.74) is -1.34. The van der Waals surface area contributed by atoms with Crippen molar-refractivity contribution in [2.75, 3.05) is 24.6 Å². The molecule has 0 N–H and O–H groups in total. The van der Waals surface area contributed by atoms with Crippen LogP contribution >= 0.6 is 0 Å². The Bertz CT molecular complexity index is 941. The first-order valence-corrected chi connectivity index (χ1v) is 8.98. The summed E-state index contributed by atoms with van der Waals surface area (Å²) in [7, 11) is 0. The van der Waals surface area contributed by atoms with E-state index in [1.807, 2.05) is 0 Å². The summed E-state index contributed by atoms with van der Waals surface area (Å²) in [6, 6.07) is 6.60. The first-order valence-electron chi connectivity index (χ1n) is 8.98. The third-order valence-corrected chi connectivity index (χ3v) is 5.53. The van der Waals surface area contributed by atoms with Gasteiger partial charge in [-0.3, -0.25) is 4.90 Å². The third kappa shape index (κ3) is 3.33. The molecule has 2 aliphatic heterocycles. The Morgan fingerprint density at radius 3 is 2.28 bits per heavy atom. The van der Waals surface area contributed by atoms with Gasteiger partial charge in [0.05, 0.1) is 18.2 Å². The lowest BCUT2D eigenvalue weighted by Crippen LogP contribution is -2.45. The zero-order valence-corrected chi connectivity index (χ0v) is 15.3. The van der Waals surface area contributed by atoms with E-state index < -0.39 is 41.0 Å². The Balaban J connectivity index is 1.54. The summed E-state index contributed by atoms with van der Waals surface area (Å²) in [5, 5.41) is 0. The van der Waals surface area contributed by atoms with Crippen molar-refractivity contribution >= 4 is 11.7 Å². The summed E-state index contributed by atoms with van der Waals surface area (Å²) >= 11 is 0. The van der Waals surface area contributed by atoms with E-state index in [-0.39, 0.29) is 18.7 Å². The number of benzene rings is 2. The molecule has 2 aromatic rings. The van der Waals surface area contributed by atoms with E-state index in [4.69, 9.17) is 4.74 Å². The molecular weight excluding hydrogens is 395 g/mol. The standard InChI is InChI=1S/C20H17F5N2O2/c1-12(19(11-29-19)16-7-4-14(21)10-17(16)22)26-8-9-27(18(26)28)15-5-2-13(3-6-15)20(23,24)25/h2-7,10,12H,8-9,11H2,1H3/t12-,19-/m1/s1. The highest BCUT2D eigenvalue weighted by molar-refractivity contribution is 5.94. The van der Waals surface area contributed by atoms with Gasteiger partial charge in [-0.05, 0) is 37.3 Å². The van der Waals surface area contributed by atoms with E-state index >= 15 is 0 Å². The summed E-state index contributed by atoms with van der Waals surface area (Å²) in [5.74, 6) is -1.46. The van der Waals surface area contributed by atoms with Crippen molar-refractivity contribution < 1.29 is 31.5 Å². The van der Waals surface area contributed by atoms with Gasteiger partial charge >= 0.3 is 12.2 Å². The van der Waals surface area contributed by atoms with E-state index in [0.29, 0.717) is 12.2 Å². The Kier molecular flexibility index (Phi) is 4.53. The number of halogens is 5. The van der Waals surface area contributed by atoms with E-state index in [9.17, 15) is 26.7 Å². The number of epoxide rings is 1. The molecule has 0 unspecified atom stereocenters. The van der Waals surface area contributed by atoms with E-state index in [1.165, 1.54) is 28.0 Å². The normalized spacial score (nSPS) is 22.9. The Morgan fingerprint density at radius 2 is 1.72 bits per heavy atom. The van der Waals surface area contributed by atoms with Gasteiger partial charge in [0.15, 0.2) is 0 Å². The minimum Gasteiger partial charge on any atom is -0.362 e. The molecule has 154 valence electrons. The molecule has 29 heavy (non-hydrogen) atoms. The number of anilines is 1. The van der Waals surface area contributed by atoms with Crippen LogP contribution < -0.4 is 4.90 Å². The number of amides is 2. The molecule has 0 spiro atoms. The van der Waals surface area contributed by atoms with Gasteiger partial charge in [-0.25, -0.2) is 13.6 Å². The SMILES string of the molecule is C[C@@H](N1CCN(c2ccc(C(F)(F)F)cc2)C1=O)[C@@]1(c2ccc(F)cc2F)CO1. The average Bonchev–Trinajstić information content (AvgIpc) is 3.37. The molecule has 2 fully saturated rings. The van der Waals surface area contributed by atoms with Crippen molar-refractivity contribution in [2.45, 2.75) is 24.7 Å². The lowest BCUT2D eigenvalue weighted by atomic mass is 9.91. The monoisotopic (exact) mass is 412 g/mol. The van der Waals surface area contributed by atoms with Gasteiger partial charge in [0.1, 0.15) is 17.2 Å². The lowest BCUT2D eigenvalue weighted by molar-refractivity contribution is -0.137. The van der Waals surface area contributed by atoms with Crippen molar-refractivity contribution in [2.24, 2.45) is 0 Å². The fraction of sp³-hybridized carbons (Fsp3) is 0.350. The maximum absolute atomic E-state index is 14.3. The molecule has 0 aromatic heterocycles. The molecule has 0 saturated carbocycles. The first-order chi connectivity index (χ1) is 13.6. The van der Waals surface area contributed by atoms with Crippen LogP contribution in [0.5, 0.6) is 0 Å². The Morgan fingerprint density at radius 1 is 1.07 bits per heavy atom. The second kappa shape index (κ2) is 6.69. The number of hydrogen-bond acceptors (Lipinski definition) is 2. The smallest absolute Gasteiger partial charge is 0.362 e. The lowest BCUT2D eigenvalue weighted by Gasteiger charge is -2.30. The van der Waals surface area contributed by atoms with Crippen molar-refractivity contribution in [3.8, 4) is 0 Å². The molecule has 2 saturated heterocycles. The molecule has 2 heterocycles. The van der Waals surface area contributed by atoms with Crippen LogP contribution in [-0.2, 0) is 16.5 Å². The molecule has 2 aromatic carbocycles. The largest absolute Gasteiger partial charge is 0.416 e. The number of ether oxygens (including phenoxy) is 1. The number of carbonyl (C=O) groups is 1. The molecule has 2 amide bonds. The minimum atomic E-state index is -4.46. The maximum Gasteiger partial charge on any atom is 0.416 e. The summed E-state index contributed by atoms with van der Waals surface area (Å²) in [6.45, 7) is 2.47. The van der Waals surface area contributed by atoms with E-state index in [0.717, 1.165) is 24.3 Å². The van der Waals surface area contributed by atoms with Gasteiger partial charge in [-0.15, -0.1) is 0 Å². The minimum absolute atomic E-state index is 0.173. The van der Waals surface area contributed by atoms with Crippen LogP contribution in [0, 0.1) is 11.6 Å². The molecule has 4 rings (SSSR count). The zero-order chi connectivity index (χ0) is 21.0. The molecule has 0 aliphatic carbocycles. The predicted octanol–water partition coefficient (Wildman–Crippen LogP) is 4.54. The van der Waals surface area contributed by atoms with Crippen molar-refractivity contribution in [3.05, 3.63) is 65.2 Å². The Hall–Kier alpha value is -2.68. The van der Waals surface area contributed by atoms with Gasteiger partial charge < -0.3 is 9.64 Å². The second-order valence-electron chi connectivity index (χ2n) is 7.15. The number of nitrogens with zero attached hydrogens (tertiary/aromatic N) is 2. The summed E-state index contributed by atoms with van der Waals surface area (Å²) in [6.07, 6.45) is -4.46. The predicted molar refractivity (Wildman–Crippen MR) is 94.3 cm³/mol. The van der Waals surface area contributed by atoms with Crippen LogP contribution in [0.15, 0.2) is 42.5 Å². The highest BCUT2D eigenvalue weighted by Gasteiger charge is 2.56. The van der Waals surface area contributed by atoms with Gasteiger partial charge in [-0.2, -0.15) is 13.2 Å². The highest BCUT2D eigenvalue weighted by atomic mass is 19.4. The van der Waals surface area contributed by atoms with Gasteiger partial charge in [-0.1, -0.05) is 6.07 Å². The second-order valence-corrected chi connectivity index (χ2v) is 7.15. The first kappa shape index (κ1) is 19.6. The van der Waals surface area contributed by atoms with Crippen LogP contribution in [0.2, 0.25) is 0 Å². The van der Waals surface area contributed by atoms with Crippen LogP contribution in [0.1, 0.15) is 18.1 Å². The molecule has 0 radical (unpaired) electrons.